The molecule has 0 heterocycles. The lowest BCUT2D eigenvalue weighted by Gasteiger charge is -2.40. The molecule has 0 radical (unpaired) electrons. The van der Waals surface area contributed by atoms with Crippen LogP contribution in [0.2, 0.25) is 0 Å². The quantitative estimate of drug-likeness (QED) is 0.711. The van der Waals surface area contributed by atoms with E-state index in [0.717, 1.165) is 16.4 Å². The molecule has 1 aliphatic carbocycles. The fourth-order valence-electron chi connectivity index (χ4n) is 2.01. The first-order chi connectivity index (χ1) is 7.74. The van der Waals surface area contributed by atoms with E-state index in [4.69, 9.17) is 4.74 Å². The molecule has 0 aliphatic heterocycles. The number of ether oxygens (including phenoxy) is 1. The largest absolute Gasteiger partial charge is 0.376 e. The minimum absolute atomic E-state index is 0.423. The molecule has 16 heavy (non-hydrogen) atoms. The summed E-state index contributed by atoms with van der Waals surface area (Å²) in [5.41, 5.74) is 1.66. The van der Waals surface area contributed by atoms with Crippen LogP contribution in [0.1, 0.15) is 24.8 Å². The Kier molecular flexibility index (Phi) is 4.45. The molecular formula is C13H16Br2O. The van der Waals surface area contributed by atoms with Crippen molar-refractivity contribution >= 4 is 31.9 Å². The Bertz CT molecular complexity index is 342. The molecule has 3 heteroatoms. The average molecular weight is 348 g/mol. The molecule has 1 aromatic rings. The summed E-state index contributed by atoms with van der Waals surface area (Å²) in [7, 11) is 0. The van der Waals surface area contributed by atoms with Gasteiger partial charge >= 0.3 is 0 Å². The maximum atomic E-state index is 5.82. The van der Waals surface area contributed by atoms with E-state index in [1.54, 1.807) is 0 Å². The van der Waals surface area contributed by atoms with E-state index < -0.39 is 0 Å². The molecule has 0 N–H and O–H groups in total. The first-order valence-corrected chi connectivity index (χ1v) is 7.54. The van der Waals surface area contributed by atoms with Crippen LogP contribution >= 0.6 is 31.9 Å². The number of benzene rings is 1. The predicted octanol–water partition coefficient (Wildman–Crippen LogP) is 4.53. The van der Waals surface area contributed by atoms with Crippen molar-refractivity contribution in [3.05, 3.63) is 34.3 Å². The lowest BCUT2D eigenvalue weighted by atomic mass is 9.71. The number of halogens is 2. The molecule has 1 nitrogen and oxygen atoms in total. The van der Waals surface area contributed by atoms with Crippen LogP contribution in [0, 0.1) is 5.41 Å². The molecule has 1 aromatic carbocycles. The van der Waals surface area contributed by atoms with Gasteiger partial charge in [-0.25, -0.2) is 0 Å². The van der Waals surface area contributed by atoms with Gasteiger partial charge in [-0.1, -0.05) is 50.4 Å². The highest BCUT2D eigenvalue weighted by atomic mass is 79.9. The first kappa shape index (κ1) is 12.6. The third kappa shape index (κ3) is 3.08. The summed E-state index contributed by atoms with van der Waals surface area (Å²) in [4.78, 5) is 0. The second kappa shape index (κ2) is 5.65. The lowest BCUT2D eigenvalue weighted by Crippen LogP contribution is -2.35. The van der Waals surface area contributed by atoms with Crippen molar-refractivity contribution in [2.45, 2.75) is 25.9 Å². The van der Waals surface area contributed by atoms with Crippen LogP contribution < -0.4 is 0 Å². The fraction of sp³-hybridized carbons (Fsp3) is 0.538. The Hall–Kier alpha value is 0.140. The normalized spacial score (nSPS) is 18.1. The number of alkyl halides is 1. The second-order valence-electron chi connectivity index (χ2n) is 4.61. The molecule has 2 rings (SSSR count). The van der Waals surface area contributed by atoms with Crippen molar-refractivity contribution in [1.82, 2.24) is 0 Å². The summed E-state index contributed by atoms with van der Waals surface area (Å²) in [5.74, 6) is 0. The molecule has 0 unspecified atom stereocenters. The zero-order valence-corrected chi connectivity index (χ0v) is 12.4. The van der Waals surface area contributed by atoms with Crippen molar-refractivity contribution < 1.29 is 4.74 Å². The SMILES string of the molecule is BrCC1(COCc2cccc(Br)c2)CCC1. The van der Waals surface area contributed by atoms with Crippen molar-refractivity contribution in [1.29, 1.82) is 0 Å². The van der Waals surface area contributed by atoms with Gasteiger partial charge in [-0.15, -0.1) is 0 Å². The van der Waals surface area contributed by atoms with Crippen LogP contribution in [0.15, 0.2) is 28.7 Å². The molecular weight excluding hydrogens is 332 g/mol. The van der Waals surface area contributed by atoms with Crippen LogP contribution in [-0.4, -0.2) is 11.9 Å². The van der Waals surface area contributed by atoms with E-state index in [1.807, 2.05) is 12.1 Å². The number of hydrogen-bond acceptors (Lipinski definition) is 1. The molecule has 0 saturated heterocycles. The average Bonchev–Trinajstić information content (AvgIpc) is 2.22. The van der Waals surface area contributed by atoms with Gasteiger partial charge in [-0.05, 0) is 30.5 Å². The summed E-state index contributed by atoms with van der Waals surface area (Å²) in [6.07, 6.45) is 3.96. The zero-order valence-electron chi connectivity index (χ0n) is 9.22. The smallest absolute Gasteiger partial charge is 0.0717 e. The lowest BCUT2D eigenvalue weighted by molar-refractivity contribution is 0.00271. The van der Waals surface area contributed by atoms with E-state index in [9.17, 15) is 0 Å². The highest BCUT2D eigenvalue weighted by Gasteiger charge is 2.35. The van der Waals surface area contributed by atoms with Gasteiger partial charge in [0, 0.05) is 15.2 Å². The molecule has 0 spiro atoms. The topological polar surface area (TPSA) is 9.23 Å². The van der Waals surface area contributed by atoms with Gasteiger partial charge in [-0.2, -0.15) is 0 Å². The monoisotopic (exact) mass is 346 g/mol. The standard InChI is InChI=1S/C13H16Br2O/c14-9-13(5-2-6-13)10-16-8-11-3-1-4-12(15)7-11/h1,3-4,7H,2,5-6,8-10H2. The van der Waals surface area contributed by atoms with E-state index in [1.165, 1.54) is 24.8 Å². The minimum atomic E-state index is 0.423. The van der Waals surface area contributed by atoms with Crippen molar-refractivity contribution in [3.8, 4) is 0 Å². The van der Waals surface area contributed by atoms with Gasteiger partial charge in [0.05, 0.1) is 13.2 Å². The molecule has 1 aliphatic rings. The second-order valence-corrected chi connectivity index (χ2v) is 6.09. The fourth-order valence-corrected chi connectivity index (χ4v) is 3.17. The van der Waals surface area contributed by atoms with Gasteiger partial charge in [0.25, 0.3) is 0 Å². The van der Waals surface area contributed by atoms with Crippen molar-refractivity contribution in [3.63, 3.8) is 0 Å². The summed E-state index contributed by atoms with van der Waals surface area (Å²) in [5, 5.41) is 1.07. The zero-order chi connectivity index (χ0) is 11.4. The van der Waals surface area contributed by atoms with Gasteiger partial charge in [0.1, 0.15) is 0 Å². The maximum absolute atomic E-state index is 5.82. The molecule has 0 bridgehead atoms. The Morgan fingerprint density at radius 2 is 2.12 bits per heavy atom. The van der Waals surface area contributed by atoms with Gasteiger partial charge in [0.2, 0.25) is 0 Å². The van der Waals surface area contributed by atoms with E-state index in [2.05, 4.69) is 44.0 Å². The van der Waals surface area contributed by atoms with Gasteiger partial charge < -0.3 is 4.74 Å². The van der Waals surface area contributed by atoms with Crippen LogP contribution in [0.5, 0.6) is 0 Å². The van der Waals surface area contributed by atoms with Crippen molar-refractivity contribution in [2.24, 2.45) is 5.41 Å². The predicted molar refractivity (Wildman–Crippen MR) is 73.9 cm³/mol. The van der Waals surface area contributed by atoms with Crippen molar-refractivity contribution in [2.75, 3.05) is 11.9 Å². The molecule has 88 valence electrons. The summed E-state index contributed by atoms with van der Waals surface area (Å²) in [6, 6.07) is 8.30. The van der Waals surface area contributed by atoms with E-state index in [-0.39, 0.29) is 0 Å². The van der Waals surface area contributed by atoms with E-state index >= 15 is 0 Å². The number of hydrogen-bond donors (Lipinski definition) is 0. The highest BCUT2D eigenvalue weighted by Crippen LogP contribution is 2.42. The van der Waals surface area contributed by atoms with E-state index in [0.29, 0.717) is 12.0 Å². The minimum Gasteiger partial charge on any atom is -0.376 e. The van der Waals surface area contributed by atoms with Crippen LogP contribution in [-0.2, 0) is 11.3 Å². The Morgan fingerprint density at radius 3 is 2.69 bits per heavy atom. The van der Waals surface area contributed by atoms with Gasteiger partial charge in [-0.3, -0.25) is 0 Å². The number of rotatable bonds is 5. The highest BCUT2D eigenvalue weighted by molar-refractivity contribution is 9.10. The Balaban J connectivity index is 1.79. The molecule has 0 atom stereocenters. The summed E-state index contributed by atoms with van der Waals surface area (Å²) in [6.45, 7) is 1.60. The van der Waals surface area contributed by atoms with Crippen LogP contribution in [0.3, 0.4) is 0 Å². The molecule has 1 fully saturated rings. The third-order valence-corrected chi connectivity index (χ3v) is 4.95. The van der Waals surface area contributed by atoms with Gasteiger partial charge in [0.15, 0.2) is 0 Å². The Morgan fingerprint density at radius 1 is 1.31 bits per heavy atom. The molecule has 0 amide bonds. The first-order valence-electron chi connectivity index (χ1n) is 5.62. The van der Waals surface area contributed by atoms with Crippen LogP contribution in [0.25, 0.3) is 0 Å². The Labute approximate surface area is 114 Å². The van der Waals surface area contributed by atoms with Crippen LogP contribution in [0.4, 0.5) is 0 Å². The molecule has 0 aromatic heterocycles. The third-order valence-electron chi connectivity index (χ3n) is 3.26. The summed E-state index contributed by atoms with van der Waals surface area (Å²) >= 11 is 7.06. The molecule has 1 saturated carbocycles. The summed E-state index contributed by atoms with van der Waals surface area (Å²) < 4.78 is 6.94. The maximum Gasteiger partial charge on any atom is 0.0717 e.